The molecule has 0 bridgehead atoms. The van der Waals surface area contributed by atoms with E-state index in [9.17, 15) is 19.8 Å². The lowest BCUT2D eigenvalue weighted by Crippen LogP contribution is -2.62. The van der Waals surface area contributed by atoms with E-state index in [1.54, 1.807) is 0 Å². The number of methoxy groups -OCH3 is 1. The van der Waals surface area contributed by atoms with Gasteiger partial charge in [-0.2, -0.15) is 0 Å². The monoisotopic (exact) mass is 604 g/mol. The number of unbranched alkanes of at least 4 members (excludes halogenated alkanes) is 8. The lowest BCUT2D eigenvalue weighted by atomic mass is 9.43. The van der Waals surface area contributed by atoms with Crippen LogP contribution in [0.4, 0.5) is 0 Å². The molecule has 4 saturated carbocycles. The first-order valence-electron chi connectivity index (χ1n) is 18.2. The molecule has 4 aliphatic rings. The van der Waals surface area contributed by atoms with Gasteiger partial charge in [-0.1, -0.05) is 79.1 Å². The van der Waals surface area contributed by atoms with Gasteiger partial charge in [-0.25, -0.2) is 0 Å². The fourth-order valence-corrected chi connectivity index (χ4v) is 10.7. The summed E-state index contributed by atoms with van der Waals surface area (Å²) < 4.78 is 10.9. The average Bonchev–Trinajstić information content (AvgIpc) is 3.34. The second kappa shape index (κ2) is 15.4. The number of carbonyl (C=O) groups is 2. The standard InChI is InChI=1S/C37H64O6/c1-6-7-8-9-10-11-12-13-14-15-34(41)43-27-20-21-36(3)26(22-27)23-31(38)35-29-18-17-28(25(2)16-19-33(40)42-5)37(29,4)32(39)24-30(35)36/h25-32,35,38-39H,6-24H2,1-5H3/t25-,26+,27-,28-,29+,30+,31-,32+,35+,36+,37-/m1/s1. The van der Waals surface area contributed by atoms with Gasteiger partial charge in [-0.05, 0) is 104 Å². The quantitative estimate of drug-likeness (QED) is 0.145. The Hall–Kier alpha value is -1.14. The van der Waals surface area contributed by atoms with Crippen LogP contribution in [-0.4, -0.2) is 47.6 Å². The van der Waals surface area contributed by atoms with E-state index < -0.39 is 6.10 Å². The van der Waals surface area contributed by atoms with Crippen molar-refractivity contribution in [1.82, 2.24) is 0 Å². The SMILES string of the molecule is CCCCCCCCCCCC(=O)O[C@@H]1CC[C@@]2(C)[C@@H](C1)C[C@@H](O)[C@@H]1[C@@H]2C[C@H](O)[C@]2(C)[C@@H]([C@H](C)CCC(=O)OC)CC[C@@H]12. The van der Waals surface area contributed by atoms with E-state index in [-0.39, 0.29) is 46.8 Å². The zero-order valence-electron chi connectivity index (χ0n) is 28.2. The molecule has 6 heteroatoms. The Kier molecular flexibility index (Phi) is 12.5. The third-order valence-electron chi connectivity index (χ3n) is 13.3. The molecule has 0 unspecified atom stereocenters. The molecule has 0 radical (unpaired) electrons. The highest BCUT2D eigenvalue weighted by Crippen LogP contribution is 2.68. The second-order valence-electron chi connectivity index (χ2n) is 15.7. The predicted octanol–water partition coefficient (Wildman–Crippen LogP) is 8.01. The van der Waals surface area contributed by atoms with Crippen LogP contribution in [0.2, 0.25) is 0 Å². The summed E-state index contributed by atoms with van der Waals surface area (Å²) in [5.41, 5.74) is -0.177. The summed E-state index contributed by atoms with van der Waals surface area (Å²) in [4.78, 5) is 24.5. The van der Waals surface area contributed by atoms with E-state index in [1.807, 2.05) is 0 Å². The van der Waals surface area contributed by atoms with Crippen LogP contribution in [0, 0.1) is 46.3 Å². The van der Waals surface area contributed by atoms with Crippen LogP contribution < -0.4 is 0 Å². The summed E-state index contributed by atoms with van der Waals surface area (Å²) >= 11 is 0. The second-order valence-corrected chi connectivity index (χ2v) is 15.7. The smallest absolute Gasteiger partial charge is 0.306 e. The lowest BCUT2D eigenvalue weighted by Gasteiger charge is -2.63. The Balaban J connectivity index is 1.29. The van der Waals surface area contributed by atoms with Crippen molar-refractivity contribution in [3.8, 4) is 0 Å². The molecule has 0 aromatic carbocycles. The van der Waals surface area contributed by atoms with E-state index in [0.29, 0.717) is 36.5 Å². The summed E-state index contributed by atoms with van der Waals surface area (Å²) in [5, 5.41) is 23.5. The van der Waals surface area contributed by atoms with Gasteiger partial charge >= 0.3 is 11.9 Å². The number of aliphatic hydroxyl groups excluding tert-OH is 2. The van der Waals surface area contributed by atoms with Gasteiger partial charge in [0.15, 0.2) is 0 Å². The minimum Gasteiger partial charge on any atom is -0.469 e. The van der Waals surface area contributed by atoms with E-state index in [0.717, 1.165) is 64.2 Å². The van der Waals surface area contributed by atoms with Gasteiger partial charge in [0.25, 0.3) is 0 Å². The van der Waals surface area contributed by atoms with E-state index >= 15 is 0 Å². The molecule has 0 aromatic rings. The van der Waals surface area contributed by atoms with Crippen molar-refractivity contribution >= 4 is 11.9 Å². The molecule has 4 fully saturated rings. The Morgan fingerprint density at radius 1 is 0.837 bits per heavy atom. The summed E-state index contributed by atoms with van der Waals surface area (Å²) in [6.45, 7) is 9.16. The summed E-state index contributed by atoms with van der Waals surface area (Å²) in [6.07, 6.45) is 18.4. The minimum absolute atomic E-state index is 0.0433. The predicted molar refractivity (Wildman–Crippen MR) is 170 cm³/mol. The molecule has 2 N–H and O–H groups in total. The van der Waals surface area contributed by atoms with Gasteiger partial charge in [-0.3, -0.25) is 9.59 Å². The number of fused-ring (bicyclic) bond motifs is 5. The molecule has 6 nitrogen and oxygen atoms in total. The molecule has 4 rings (SSSR count). The van der Waals surface area contributed by atoms with Crippen LogP contribution in [0.15, 0.2) is 0 Å². The Morgan fingerprint density at radius 2 is 1.51 bits per heavy atom. The maximum absolute atomic E-state index is 12.7. The first kappa shape index (κ1) is 34.7. The van der Waals surface area contributed by atoms with Gasteiger partial charge < -0.3 is 19.7 Å². The molecule has 248 valence electrons. The summed E-state index contributed by atoms with van der Waals surface area (Å²) in [6, 6.07) is 0. The molecular formula is C37H64O6. The van der Waals surface area contributed by atoms with Gasteiger partial charge in [0.1, 0.15) is 6.10 Å². The van der Waals surface area contributed by atoms with Crippen molar-refractivity contribution < 1.29 is 29.3 Å². The molecule has 11 atom stereocenters. The first-order valence-corrected chi connectivity index (χ1v) is 18.2. The zero-order chi connectivity index (χ0) is 31.2. The van der Waals surface area contributed by atoms with Gasteiger partial charge in [0.05, 0.1) is 19.3 Å². The van der Waals surface area contributed by atoms with Crippen molar-refractivity contribution in [2.45, 2.75) is 168 Å². The van der Waals surface area contributed by atoms with Gasteiger partial charge in [0.2, 0.25) is 0 Å². The molecule has 0 aliphatic heterocycles. The maximum atomic E-state index is 12.7. The highest BCUT2D eigenvalue weighted by Gasteiger charge is 2.65. The number of esters is 2. The summed E-state index contributed by atoms with van der Waals surface area (Å²) in [5.74, 6) is 1.56. The Labute approximate surface area is 262 Å². The molecule has 43 heavy (non-hydrogen) atoms. The van der Waals surface area contributed by atoms with Crippen molar-refractivity contribution in [2.24, 2.45) is 46.3 Å². The van der Waals surface area contributed by atoms with Crippen LogP contribution in [0.25, 0.3) is 0 Å². The summed E-state index contributed by atoms with van der Waals surface area (Å²) in [7, 11) is 1.44. The Morgan fingerprint density at radius 3 is 2.19 bits per heavy atom. The fourth-order valence-electron chi connectivity index (χ4n) is 10.7. The average molecular weight is 605 g/mol. The highest BCUT2D eigenvalue weighted by atomic mass is 16.5. The van der Waals surface area contributed by atoms with E-state index in [1.165, 1.54) is 52.1 Å². The third-order valence-corrected chi connectivity index (χ3v) is 13.3. The molecule has 0 spiro atoms. The van der Waals surface area contributed by atoms with Crippen LogP contribution in [0.3, 0.4) is 0 Å². The van der Waals surface area contributed by atoms with Crippen LogP contribution in [-0.2, 0) is 19.1 Å². The molecule has 0 heterocycles. The van der Waals surface area contributed by atoms with Crippen molar-refractivity contribution in [1.29, 1.82) is 0 Å². The first-order chi connectivity index (χ1) is 20.6. The maximum Gasteiger partial charge on any atom is 0.306 e. The Bertz CT molecular complexity index is 906. The number of rotatable bonds is 15. The van der Waals surface area contributed by atoms with Crippen LogP contribution in [0.5, 0.6) is 0 Å². The van der Waals surface area contributed by atoms with Crippen molar-refractivity contribution in [3.05, 3.63) is 0 Å². The number of aliphatic hydroxyl groups is 2. The molecule has 4 aliphatic carbocycles. The van der Waals surface area contributed by atoms with Gasteiger partial charge in [-0.15, -0.1) is 0 Å². The number of hydrogen-bond donors (Lipinski definition) is 2. The van der Waals surface area contributed by atoms with E-state index in [4.69, 9.17) is 9.47 Å². The van der Waals surface area contributed by atoms with E-state index in [2.05, 4.69) is 27.7 Å². The molecule has 0 aromatic heterocycles. The number of ether oxygens (including phenoxy) is 2. The molecular weight excluding hydrogens is 540 g/mol. The number of carbonyl (C=O) groups excluding carboxylic acids is 2. The van der Waals surface area contributed by atoms with Gasteiger partial charge in [0, 0.05) is 12.8 Å². The highest BCUT2D eigenvalue weighted by molar-refractivity contribution is 5.69. The largest absolute Gasteiger partial charge is 0.469 e. The zero-order valence-corrected chi connectivity index (χ0v) is 28.2. The van der Waals surface area contributed by atoms with Crippen molar-refractivity contribution in [3.63, 3.8) is 0 Å². The van der Waals surface area contributed by atoms with Crippen LogP contribution >= 0.6 is 0 Å². The molecule has 0 saturated heterocycles. The van der Waals surface area contributed by atoms with Crippen LogP contribution in [0.1, 0.15) is 150 Å². The normalized spacial score (nSPS) is 39.3. The third kappa shape index (κ3) is 7.64. The van der Waals surface area contributed by atoms with Crippen molar-refractivity contribution in [2.75, 3.05) is 7.11 Å². The minimum atomic E-state index is -0.401. The molecule has 0 amide bonds. The lowest BCUT2D eigenvalue weighted by molar-refractivity contribution is -0.209. The number of hydrogen-bond acceptors (Lipinski definition) is 6. The topological polar surface area (TPSA) is 93.1 Å². The fraction of sp³-hybridized carbons (Fsp3) is 0.946.